The first-order valence-electron chi connectivity index (χ1n) is 18.5. The molecule has 0 amide bonds. The van der Waals surface area contributed by atoms with Crippen LogP contribution in [0.4, 0.5) is 5.69 Å². The van der Waals surface area contributed by atoms with Gasteiger partial charge < -0.3 is 31.1 Å². The molecule has 0 saturated heterocycles. The van der Waals surface area contributed by atoms with Crippen LogP contribution in [-0.4, -0.2) is 49.4 Å². The molecule has 0 fully saturated rings. The fourth-order valence-corrected chi connectivity index (χ4v) is 6.64. The van der Waals surface area contributed by atoms with Crippen molar-refractivity contribution >= 4 is 40.7 Å². The molecule has 0 aliphatic rings. The van der Waals surface area contributed by atoms with E-state index in [0.717, 1.165) is 51.8 Å². The van der Waals surface area contributed by atoms with Crippen LogP contribution in [0.1, 0.15) is 40.4 Å². The van der Waals surface area contributed by atoms with Gasteiger partial charge in [0.15, 0.2) is 5.69 Å². The molecular weight excluding hydrogens is 1030 g/mol. The van der Waals surface area contributed by atoms with Gasteiger partial charge in [0.25, 0.3) is 6.47 Å². The van der Waals surface area contributed by atoms with E-state index in [4.69, 9.17) is 50.1 Å². The van der Waals surface area contributed by atoms with E-state index >= 15 is 0 Å². The standard InChI is InChI=1S/C16H19INO.C15H13NO.C8H9BrO.C7H6BNO2.CH2O3.2K.H/c1-19-16-7-3-6-15(12-16)11-14-5-2-4-13(10-14)8-9-17-18;1-16-14-7-3-5-12(10-14)9-13-6-4-8-15(11-13)17-2;1-10-8-4-2-3-7(5-8)6-9;9-5-6-2-1-3-7(4-6)8(10)11;2-1-4-3;;;/h2-7,10,12H,8-9,11,18H2,1H3;3-8,10-11H,9H2,2H3;2-5H,6H2,1H3;1-4,10-11H;1,3H;;;/q-1;;;;;2*+1;-1/p-1. The van der Waals surface area contributed by atoms with Crippen LogP contribution >= 0.6 is 15.9 Å². The number of hydrogen-bond acceptors (Lipinski definition) is 10. The van der Waals surface area contributed by atoms with Gasteiger partial charge in [0.1, 0.15) is 11.5 Å². The van der Waals surface area contributed by atoms with Gasteiger partial charge in [0.2, 0.25) is 0 Å². The third kappa shape index (κ3) is 26.3. The van der Waals surface area contributed by atoms with Gasteiger partial charge >= 0.3 is 235 Å². The second kappa shape index (κ2) is 37.7. The molecule has 63 heavy (non-hydrogen) atoms. The van der Waals surface area contributed by atoms with E-state index in [0.29, 0.717) is 16.7 Å². The quantitative estimate of drug-likeness (QED) is 0.0172. The number of halogens is 2. The fourth-order valence-electron chi connectivity index (χ4n) is 5.36. The third-order valence-corrected chi connectivity index (χ3v) is 10.1. The van der Waals surface area contributed by atoms with Crippen molar-refractivity contribution < 1.29 is 165 Å². The minimum atomic E-state index is -1.50. The molecule has 16 heteroatoms. The zero-order valence-corrected chi connectivity index (χ0v) is 46.1. The fraction of sp³-hybridized carbons (Fsp3) is 0.170. The number of nitrogens with two attached hydrogens (primary N) is 1. The van der Waals surface area contributed by atoms with Gasteiger partial charge in [-0.25, -0.2) is 4.85 Å². The zero-order chi connectivity index (χ0) is 44.7. The average Bonchev–Trinajstić information content (AvgIpc) is 3.31. The predicted molar refractivity (Wildman–Crippen MR) is 238 cm³/mol. The number of nitriles is 1. The molecule has 0 aromatic heterocycles. The Morgan fingerprint density at radius 2 is 1.16 bits per heavy atom. The van der Waals surface area contributed by atoms with E-state index in [1.807, 2.05) is 78.9 Å². The van der Waals surface area contributed by atoms with Gasteiger partial charge in [-0.2, -0.15) is 5.26 Å². The summed E-state index contributed by atoms with van der Waals surface area (Å²) in [6.45, 7) is 6.81. The number of carbonyl (C=O) groups is 1. The molecule has 0 bridgehead atoms. The summed E-state index contributed by atoms with van der Waals surface area (Å²) in [5, 5.41) is 35.1. The molecule has 0 radical (unpaired) electrons. The van der Waals surface area contributed by atoms with Crippen LogP contribution < -0.4 is 153 Å². The summed E-state index contributed by atoms with van der Waals surface area (Å²) in [7, 11) is 3.55. The smallest absolute Gasteiger partial charge is 1.00 e. The number of carbonyl (C=O) groups excluding carboxylic acids is 1. The van der Waals surface area contributed by atoms with Crippen LogP contribution in [0, 0.1) is 17.9 Å². The van der Waals surface area contributed by atoms with Gasteiger partial charge in [-0.15, -0.1) is 0 Å². The van der Waals surface area contributed by atoms with Crippen molar-refractivity contribution in [3.05, 3.63) is 196 Å². The summed E-state index contributed by atoms with van der Waals surface area (Å²) in [6, 6.07) is 48.8. The molecule has 0 aliphatic heterocycles. The molecule has 0 atom stereocenters. The normalized spacial score (nSPS) is 9.17. The number of methoxy groups -OCH3 is 3. The molecule has 320 valence electrons. The number of hydrogen-bond donors (Lipinski definition) is 3. The van der Waals surface area contributed by atoms with Crippen LogP contribution in [-0.2, 0) is 34.3 Å². The number of aryl methyl sites for hydroxylation is 1. The minimum Gasteiger partial charge on any atom is -1.00 e. The SMILES string of the molecule is COc1cccc(CBr)c1.COc1cccc(Cc2cccc(CC[I-]N)c2)c1.N#Cc1cccc(B(O)O)c1.O=CO[O-].[C-]#[N+]c1cccc(Cc2cccc(OC)c2)c1.[H-].[K+].[K+]. The maximum absolute atomic E-state index is 8.69. The Morgan fingerprint density at radius 3 is 1.60 bits per heavy atom. The molecule has 0 aliphatic carbocycles. The van der Waals surface area contributed by atoms with Crippen molar-refractivity contribution in [2.45, 2.75) is 24.6 Å². The molecule has 0 spiro atoms. The Bertz CT molecular complexity index is 2270. The van der Waals surface area contributed by atoms with Crippen molar-refractivity contribution in [3.8, 4) is 23.3 Å². The van der Waals surface area contributed by atoms with Crippen molar-refractivity contribution in [1.29, 1.82) is 5.26 Å². The van der Waals surface area contributed by atoms with E-state index < -0.39 is 7.12 Å². The minimum absolute atomic E-state index is 0. The first-order chi connectivity index (χ1) is 29.6. The molecular formula is C47H49BBrIK2N3O8-. The Labute approximate surface area is 477 Å². The van der Waals surface area contributed by atoms with E-state index in [1.165, 1.54) is 33.9 Å². The predicted octanol–water partition coefficient (Wildman–Crippen LogP) is -1.99. The summed E-state index contributed by atoms with van der Waals surface area (Å²) in [5.41, 5.74) is 9.04. The number of nitrogens with zero attached hydrogens (tertiary/aromatic N) is 2. The Hall–Kier alpha value is -2.44. The summed E-state index contributed by atoms with van der Waals surface area (Å²) in [4.78, 5) is 14.7. The number of alkyl halides is 2. The molecule has 4 N–H and O–H groups in total. The summed E-state index contributed by atoms with van der Waals surface area (Å²) in [5.74, 6) is 2.70. The topological polar surface area (TPSA) is 172 Å². The van der Waals surface area contributed by atoms with E-state index in [2.05, 4.69) is 74.2 Å². The summed E-state index contributed by atoms with van der Waals surface area (Å²) < 4.78 is 22.3. The first kappa shape index (κ1) is 60.6. The molecule has 0 saturated carbocycles. The third-order valence-electron chi connectivity index (χ3n) is 8.25. The summed E-state index contributed by atoms with van der Waals surface area (Å²) >= 11 is 3.26. The van der Waals surface area contributed by atoms with E-state index in [1.54, 1.807) is 39.5 Å². The van der Waals surface area contributed by atoms with Gasteiger partial charge in [0, 0.05) is 5.33 Å². The van der Waals surface area contributed by atoms with Gasteiger partial charge in [-0.3, -0.25) is 4.79 Å². The van der Waals surface area contributed by atoms with E-state index in [-0.39, 0.29) is 132 Å². The largest absolute Gasteiger partial charge is 1.00 e. The molecule has 0 unspecified atom stereocenters. The zero-order valence-electron chi connectivity index (χ0n) is 37.1. The van der Waals surface area contributed by atoms with Crippen LogP contribution in [0.5, 0.6) is 17.2 Å². The second-order valence-electron chi connectivity index (χ2n) is 12.5. The van der Waals surface area contributed by atoms with Crippen LogP contribution in [0.25, 0.3) is 4.85 Å². The van der Waals surface area contributed by atoms with Crippen molar-refractivity contribution in [2.24, 2.45) is 3.95 Å². The van der Waals surface area contributed by atoms with Crippen LogP contribution in [0.15, 0.2) is 146 Å². The first-order valence-corrected chi connectivity index (χ1v) is 22.4. The van der Waals surface area contributed by atoms with Gasteiger partial charge in [-0.05, 0) is 59.4 Å². The molecule has 0 heterocycles. The van der Waals surface area contributed by atoms with Gasteiger partial charge in [0.05, 0.1) is 32.4 Å². The molecule has 6 rings (SSSR count). The average molecular weight is 1080 g/mol. The number of ether oxygens (including phenoxy) is 3. The Kier molecular flexibility index (Phi) is 36.3. The molecule has 11 nitrogen and oxygen atoms in total. The van der Waals surface area contributed by atoms with Gasteiger partial charge in [-0.1, -0.05) is 82.2 Å². The Balaban J connectivity index is 0. The maximum atomic E-state index is 8.69. The van der Waals surface area contributed by atoms with E-state index in [9.17, 15) is 0 Å². The van der Waals surface area contributed by atoms with Crippen molar-refractivity contribution in [2.75, 3.05) is 25.8 Å². The second-order valence-corrected chi connectivity index (χ2v) is 15.1. The molecule has 6 aromatic rings. The monoisotopic (exact) mass is 1080 g/mol. The van der Waals surface area contributed by atoms with Crippen LogP contribution in [0.3, 0.4) is 0 Å². The number of rotatable bonds is 13. The maximum Gasteiger partial charge on any atom is 1.00 e. The van der Waals surface area contributed by atoms with Crippen molar-refractivity contribution in [1.82, 2.24) is 0 Å². The summed E-state index contributed by atoms with van der Waals surface area (Å²) in [6.07, 6.45) is 2.87. The number of benzene rings is 6. The van der Waals surface area contributed by atoms with Crippen molar-refractivity contribution in [3.63, 3.8) is 0 Å². The Morgan fingerprint density at radius 1 is 0.730 bits per heavy atom. The molecule has 6 aromatic carbocycles. The van der Waals surface area contributed by atoms with Crippen LogP contribution in [0.2, 0.25) is 0 Å².